The number of rotatable bonds is 0. The molecule has 0 saturated carbocycles. The molecule has 8 heavy (non-hydrogen) atoms. The second kappa shape index (κ2) is 15.8. The Morgan fingerprint density at radius 1 is 1.62 bits per heavy atom. The zero-order valence-corrected chi connectivity index (χ0v) is 6.16. The van der Waals surface area contributed by atoms with Gasteiger partial charge in [0.15, 0.2) is 6.19 Å². The number of nitriles is 1. The van der Waals surface area contributed by atoms with Crippen molar-refractivity contribution >= 4 is 43.9 Å². The van der Waals surface area contributed by atoms with Crippen molar-refractivity contribution in [3.05, 3.63) is 0 Å². The molecule has 0 aromatic heterocycles. The molecule has 0 aliphatic rings. The van der Waals surface area contributed by atoms with Crippen LogP contribution in [0.4, 0.5) is 4.79 Å². The molecule has 0 radical (unpaired) electrons. The summed E-state index contributed by atoms with van der Waals surface area (Å²) in [4.78, 5) is 8.33. The summed E-state index contributed by atoms with van der Waals surface area (Å²) in [7, 11) is 0. The van der Waals surface area contributed by atoms with Crippen molar-refractivity contribution in [2.45, 2.75) is 0 Å². The maximum atomic E-state index is 8.33. The van der Waals surface area contributed by atoms with Crippen LogP contribution in [0.3, 0.4) is 0 Å². The number of carbonyl (C=O) groups excluding carboxylic acids is 1. The quantitative estimate of drug-likeness (QED) is 0.215. The second-order valence-electron chi connectivity index (χ2n) is 0.379. The van der Waals surface area contributed by atoms with Gasteiger partial charge < -0.3 is 20.7 Å². The summed E-state index contributed by atoms with van der Waals surface area (Å²) >= 11 is 0. The maximum Gasteiger partial charge on any atom is 2.00 e. The Morgan fingerprint density at radius 3 is 1.62 bits per heavy atom. The van der Waals surface area contributed by atoms with Crippen LogP contribution in [0.5, 0.6) is 0 Å². The Bertz CT molecular complexity index is 83.8. The molecule has 0 saturated heterocycles. The van der Waals surface area contributed by atoms with Gasteiger partial charge in [-0.15, -0.1) is 0 Å². The van der Waals surface area contributed by atoms with E-state index in [-0.39, 0.29) is 37.7 Å². The van der Waals surface area contributed by atoms with E-state index in [0.717, 1.165) is 0 Å². The zero-order valence-electron chi connectivity index (χ0n) is 3.96. The van der Waals surface area contributed by atoms with E-state index in [0.29, 0.717) is 0 Å². The SMILES string of the molecule is N#CN.O=C([O-])[O-].[Ca+2]. The summed E-state index contributed by atoms with van der Waals surface area (Å²) in [5.74, 6) is 0. The second-order valence-corrected chi connectivity index (χ2v) is 0.379. The van der Waals surface area contributed by atoms with Gasteiger partial charge in [0, 0.05) is 0 Å². The van der Waals surface area contributed by atoms with E-state index in [1.807, 2.05) is 0 Å². The van der Waals surface area contributed by atoms with Crippen molar-refractivity contribution < 1.29 is 15.0 Å². The van der Waals surface area contributed by atoms with Gasteiger partial charge in [0.25, 0.3) is 0 Å². The average Bonchev–Trinajstić information content (AvgIpc) is 1.33. The topological polar surface area (TPSA) is 113 Å². The van der Waals surface area contributed by atoms with E-state index in [2.05, 4.69) is 5.73 Å². The van der Waals surface area contributed by atoms with Crippen LogP contribution in [-0.4, -0.2) is 43.9 Å². The van der Waals surface area contributed by atoms with Crippen LogP contribution in [0.2, 0.25) is 0 Å². The van der Waals surface area contributed by atoms with E-state index in [9.17, 15) is 0 Å². The van der Waals surface area contributed by atoms with Gasteiger partial charge in [-0.2, -0.15) is 5.26 Å². The normalized spacial score (nSPS) is 3.88. The third-order valence-corrected chi connectivity index (χ3v) is 0. The number of hydrogen-bond donors (Lipinski definition) is 1. The summed E-state index contributed by atoms with van der Waals surface area (Å²) < 4.78 is 0. The minimum absolute atomic E-state index is 0. The molecule has 0 heterocycles. The number of nitrogens with two attached hydrogens (primary N) is 1. The predicted molar refractivity (Wildman–Crippen MR) is 21.0 cm³/mol. The van der Waals surface area contributed by atoms with Crippen LogP contribution >= 0.6 is 0 Å². The molecule has 0 fully saturated rings. The Morgan fingerprint density at radius 2 is 1.62 bits per heavy atom. The fraction of sp³-hybridized carbons (Fsp3) is 0. The molecule has 0 aliphatic heterocycles. The van der Waals surface area contributed by atoms with Crippen LogP contribution < -0.4 is 15.9 Å². The third kappa shape index (κ3) is 4160. The molecule has 0 unspecified atom stereocenters. The zero-order chi connectivity index (χ0) is 6.28. The van der Waals surface area contributed by atoms with Gasteiger partial charge in [-0.3, -0.25) is 0 Å². The van der Waals surface area contributed by atoms with Gasteiger partial charge in [-0.05, 0) is 6.16 Å². The molecular weight excluding hydrogens is 140 g/mol. The summed E-state index contributed by atoms with van der Waals surface area (Å²) in [5.41, 5.74) is 4.15. The van der Waals surface area contributed by atoms with Crippen LogP contribution in [0.25, 0.3) is 0 Å². The Labute approximate surface area is 75.7 Å². The molecular formula is C2H2CaN2O3. The number of hydrogen-bond acceptors (Lipinski definition) is 5. The number of carboxylic acid groups (broad SMARTS) is 2. The average molecular weight is 142 g/mol. The third-order valence-electron chi connectivity index (χ3n) is 0. The van der Waals surface area contributed by atoms with Crippen molar-refractivity contribution in [1.29, 1.82) is 5.26 Å². The molecule has 0 aliphatic carbocycles. The van der Waals surface area contributed by atoms with Gasteiger partial charge >= 0.3 is 37.7 Å². The van der Waals surface area contributed by atoms with Crippen LogP contribution in [-0.2, 0) is 0 Å². The fourth-order valence-corrected chi connectivity index (χ4v) is 0. The molecule has 0 amide bonds. The standard InChI is InChI=1S/CH2N2.CH2O3.Ca/c2-1-3;2-1(3)4;/h2H2;(H2,2,3,4);/q;;+2/p-2. The summed E-state index contributed by atoms with van der Waals surface area (Å²) in [6.45, 7) is 0. The summed E-state index contributed by atoms with van der Waals surface area (Å²) in [6.07, 6.45) is -1.08. The van der Waals surface area contributed by atoms with Crippen molar-refractivity contribution in [2.75, 3.05) is 0 Å². The van der Waals surface area contributed by atoms with Gasteiger partial charge in [0.2, 0.25) is 0 Å². The maximum absolute atomic E-state index is 8.33. The summed E-state index contributed by atoms with van der Waals surface area (Å²) in [5, 5.41) is 23.8. The van der Waals surface area contributed by atoms with Crippen molar-refractivity contribution in [3.63, 3.8) is 0 Å². The monoisotopic (exact) mass is 142 g/mol. The molecule has 5 nitrogen and oxygen atoms in total. The first-order chi connectivity index (χ1) is 3.15. The molecule has 0 bridgehead atoms. The van der Waals surface area contributed by atoms with Crippen molar-refractivity contribution in [1.82, 2.24) is 0 Å². The van der Waals surface area contributed by atoms with Gasteiger partial charge in [-0.25, -0.2) is 0 Å². The fourth-order valence-electron chi connectivity index (χ4n) is 0. The van der Waals surface area contributed by atoms with Gasteiger partial charge in [-0.1, -0.05) is 0 Å². The first-order valence-electron chi connectivity index (χ1n) is 1.12. The Hall–Kier alpha value is -0.180. The van der Waals surface area contributed by atoms with E-state index >= 15 is 0 Å². The first-order valence-corrected chi connectivity index (χ1v) is 1.12. The largest absolute Gasteiger partial charge is 2.00 e. The van der Waals surface area contributed by atoms with Gasteiger partial charge in [0.1, 0.15) is 0 Å². The smallest absolute Gasteiger partial charge is 0.652 e. The first kappa shape index (κ1) is 15.7. The predicted octanol–water partition coefficient (Wildman–Crippen LogP) is -3.40. The molecule has 0 aromatic carbocycles. The van der Waals surface area contributed by atoms with E-state index in [1.165, 1.54) is 6.19 Å². The summed E-state index contributed by atoms with van der Waals surface area (Å²) in [6, 6.07) is 0. The number of nitrogens with zero attached hydrogens (tertiary/aromatic N) is 1. The molecule has 0 atom stereocenters. The minimum Gasteiger partial charge on any atom is -0.652 e. The van der Waals surface area contributed by atoms with Crippen LogP contribution in [0.1, 0.15) is 0 Å². The molecule has 2 N–H and O–H groups in total. The molecule has 0 rings (SSSR count). The molecule has 0 spiro atoms. The van der Waals surface area contributed by atoms with Crippen LogP contribution in [0, 0.1) is 11.5 Å². The molecule has 40 valence electrons. The van der Waals surface area contributed by atoms with E-state index in [4.69, 9.17) is 20.3 Å². The van der Waals surface area contributed by atoms with Crippen molar-refractivity contribution in [2.24, 2.45) is 5.73 Å². The van der Waals surface area contributed by atoms with E-state index < -0.39 is 6.16 Å². The van der Waals surface area contributed by atoms with Gasteiger partial charge in [0.05, 0.1) is 0 Å². The molecule has 0 aromatic rings. The number of carbonyl (C=O) groups is 1. The van der Waals surface area contributed by atoms with Crippen LogP contribution in [0.15, 0.2) is 0 Å². The Balaban J connectivity index is -0.0000000575. The minimum atomic E-state index is -2.33. The van der Waals surface area contributed by atoms with E-state index in [1.54, 1.807) is 0 Å². The van der Waals surface area contributed by atoms with Crippen molar-refractivity contribution in [3.8, 4) is 6.19 Å². The Kier molecular flexibility index (Phi) is 31.0. The molecule has 6 heteroatoms.